The van der Waals surface area contributed by atoms with E-state index in [1.807, 2.05) is 24.1 Å². The van der Waals surface area contributed by atoms with Crippen LogP contribution in [-0.2, 0) is 11.2 Å². The van der Waals surface area contributed by atoms with Crippen LogP contribution in [0.25, 0.3) is 0 Å². The lowest BCUT2D eigenvalue weighted by Gasteiger charge is -2.32. The van der Waals surface area contributed by atoms with Crippen LogP contribution >= 0.6 is 15.9 Å². The highest BCUT2D eigenvalue weighted by molar-refractivity contribution is 9.09. The molecule has 0 aliphatic heterocycles. The predicted molar refractivity (Wildman–Crippen MR) is 73.5 cm³/mol. The molecule has 0 N–H and O–H groups in total. The van der Waals surface area contributed by atoms with Crippen LogP contribution in [0.3, 0.4) is 0 Å². The third kappa shape index (κ3) is 2.71. The van der Waals surface area contributed by atoms with E-state index in [1.54, 1.807) is 0 Å². The van der Waals surface area contributed by atoms with E-state index in [2.05, 4.69) is 35.0 Å². The van der Waals surface area contributed by atoms with E-state index in [9.17, 15) is 4.79 Å². The number of carbonyl (C=O) groups is 1. The first-order valence-corrected chi connectivity index (χ1v) is 6.98. The molecule has 92 valence electrons. The number of hydrogen-bond donors (Lipinski definition) is 0. The lowest BCUT2D eigenvalue weighted by molar-refractivity contribution is -0.132. The molecule has 0 saturated carbocycles. The van der Waals surface area contributed by atoms with E-state index in [0.29, 0.717) is 4.83 Å². The molecule has 0 bridgehead atoms. The van der Waals surface area contributed by atoms with Gasteiger partial charge in [0.15, 0.2) is 0 Å². The largest absolute Gasteiger partial charge is 0.345 e. The van der Waals surface area contributed by atoms with Crippen molar-refractivity contribution >= 4 is 21.8 Å². The first kappa shape index (κ1) is 12.6. The lowest BCUT2D eigenvalue weighted by atomic mass is 9.77. The minimum atomic E-state index is 0.0989. The Morgan fingerprint density at radius 3 is 2.88 bits per heavy atom. The third-order valence-corrected chi connectivity index (χ3v) is 3.85. The highest BCUT2D eigenvalue weighted by atomic mass is 79.9. The van der Waals surface area contributed by atoms with Crippen molar-refractivity contribution in [3.8, 4) is 0 Å². The maximum absolute atomic E-state index is 12.2. The molecular weight excluding hydrogens is 278 g/mol. The molecule has 2 atom stereocenters. The molecule has 3 heteroatoms. The van der Waals surface area contributed by atoms with Gasteiger partial charge in [0.1, 0.15) is 0 Å². The number of nitrogens with zero attached hydrogens (tertiary/aromatic N) is 1. The van der Waals surface area contributed by atoms with E-state index in [-0.39, 0.29) is 11.8 Å². The first-order valence-electron chi connectivity index (χ1n) is 6.06. The minimum Gasteiger partial charge on any atom is -0.345 e. The molecule has 1 aliphatic rings. The average molecular weight is 296 g/mol. The van der Waals surface area contributed by atoms with Crippen LogP contribution in [-0.4, -0.2) is 29.2 Å². The van der Waals surface area contributed by atoms with E-state index < -0.39 is 0 Å². The quantitative estimate of drug-likeness (QED) is 0.782. The summed E-state index contributed by atoms with van der Waals surface area (Å²) in [5, 5.41) is 0. The van der Waals surface area contributed by atoms with E-state index in [1.165, 1.54) is 11.1 Å². The standard InChI is InChI=1S/C14H18BrNO/c1-10(15)7-8-16(2)14(17)13-9-11-5-3-4-6-12(11)13/h3-6,10,13H,7-9H2,1-2H3. The van der Waals surface area contributed by atoms with Gasteiger partial charge in [-0.2, -0.15) is 0 Å². The van der Waals surface area contributed by atoms with Crippen molar-refractivity contribution in [2.45, 2.75) is 30.5 Å². The van der Waals surface area contributed by atoms with E-state index in [4.69, 9.17) is 0 Å². The maximum atomic E-state index is 12.2. The van der Waals surface area contributed by atoms with Crippen LogP contribution in [0, 0.1) is 0 Å². The van der Waals surface area contributed by atoms with Crippen LogP contribution in [0.1, 0.15) is 30.4 Å². The van der Waals surface area contributed by atoms with Crippen molar-refractivity contribution in [2.24, 2.45) is 0 Å². The molecule has 2 unspecified atom stereocenters. The summed E-state index contributed by atoms with van der Waals surface area (Å²) < 4.78 is 0. The van der Waals surface area contributed by atoms with E-state index >= 15 is 0 Å². The molecule has 0 saturated heterocycles. The fourth-order valence-corrected chi connectivity index (χ4v) is 2.43. The Morgan fingerprint density at radius 1 is 1.53 bits per heavy atom. The highest BCUT2D eigenvalue weighted by Gasteiger charge is 2.33. The maximum Gasteiger partial charge on any atom is 0.230 e. The molecule has 17 heavy (non-hydrogen) atoms. The van der Waals surface area contributed by atoms with Crippen LogP contribution in [0.4, 0.5) is 0 Å². The summed E-state index contributed by atoms with van der Waals surface area (Å²) in [4.78, 5) is 14.5. The van der Waals surface area contributed by atoms with Gasteiger partial charge in [-0.1, -0.05) is 47.1 Å². The van der Waals surface area contributed by atoms with Crippen molar-refractivity contribution in [1.29, 1.82) is 0 Å². The molecule has 1 amide bonds. The summed E-state index contributed by atoms with van der Waals surface area (Å²) in [5.41, 5.74) is 2.55. The smallest absolute Gasteiger partial charge is 0.230 e. The molecule has 1 aliphatic carbocycles. The number of halogens is 1. The molecule has 2 rings (SSSR count). The zero-order valence-electron chi connectivity index (χ0n) is 10.3. The van der Waals surface area contributed by atoms with Gasteiger partial charge in [0.25, 0.3) is 0 Å². The lowest BCUT2D eigenvalue weighted by Crippen LogP contribution is -2.37. The Morgan fingerprint density at radius 2 is 2.24 bits per heavy atom. The Labute approximate surface area is 111 Å². The Hall–Kier alpha value is -0.830. The summed E-state index contributed by atoms with van der Waals surface area (Å²) in [6.45, 7) is 2.93. The Balaban J connectivity index is 1.94. The van der Waals surface area contributed by atoms with Crippen molar-refractivity contribution in [3.63, 3.8) is 0 Å². The van der Waals surface area contributed by atoms with Crippen LogP contribution in [0.5, 0.6) is 0 Å². The minimum absolute atomic E-state index is 0.0989. The number of hydrogen-bond acceptors (Lipinski definition) is 1. The fraction of sp³-hybridized carbons (Fsp3) is 0.500. The Kier molecular flexibility index (Phi) is 3.87. The van der Waals surface area contributed by atoms with Gasteiger partial charge >= 0.3 is 0 Å². The summed E-state index contributed by atoms with van der Waals surface area (Å²) in [6, 6.07) is 8.23. The second-order valence-corrected chi connectivity index (χ2v) is 6.35. The van der Waals surface area contributed by atoms with Gasteiger partial charge in [0.05, 0.1) is 5.92 Å². The van der Waals surface area contributed by atoms with Gasteiger partial charge in [-0.15, -0.1) is 0 Å². The Bertz CT molecular complexity index is 416. The number of fused-ring (bicyclic) bond motifs is 1. The van der Waals surface area contributed by atoms with Gasteiger partial charge in [-0.05, 0) is 24.0 Å². The molecule has 0 radical (unpaired) electrons. The van der Waals surface area contributed by atoms with Crippen LogP contribution < -0.4 is 0 Å². The highest BCUT2D eigenvalue weighted by Crippen LogP contribution is 2.35. The average Bonchev–Trinajstić information content (AvgIpc) is 2.27. The number of benzene rings is 1. The van der Waals surface area contributed by atoms with Gasteiger partial charge in [-0.25, -0.2) is 0 Å². The molecule has 1 aromatic carbocycles. The van der Waals surface area contributed by atoms with Gasteiger partial charge in [0, 0.05) is 18.4 Å². The summed E-state index contributed by atoms with van der Waals surface area (Å²) in [5.74, 6) is 0.360. The van der Waals surface area contributed by atoms with Crippen molar-refractivity contribution in [1.82, 2.24) is 4.90 Å². The van der Waals surface area contributed by atoms with Crippen LogP contribution in [0.15, 0.2) is 24.3 Å². The predicted octanol–water partition coefficient (Wildman–Crippen LogP) is 2.96. The number of carbonyl (C=O) groups excluding carboxylic acids is 1. The van der Waals surface area contributed by atoms with Crippen molar-refractivity contribution < 1.29 is 4.79 Å². The fourth-order valence-electron chi connectivity index (χ4n) is 2.23. The number of likely N-dealkylation sites (N-methyl/N-ethyl adjacent to an activating group) is 1. The number of alkyl halides is 1. The molecule has 0 heterocycles. The van der Waals surface area contributed by atoms with Gasteiger partial charge < -0.3 is 4.90 Å². The third-order valence-electron chi connectivity index (χ3n) is 3.39. The van der Waals surface area contributed by atoms with Gasteiger partial charge in [-0.3, -0.25) is 4.79 Å². The zero-order chi connectivity index (χ0) is 12.4. The van der Waals surface area contributed by atoms with Crippen LogP contribution in [0.2, 0.25) is 0 Å². The zero-order valence-corrected chi connectivity index (χ0v) is 11.9. The molecular formula is C14H18BrNO. The molecule has 0 aromatic heterocycles. The normalized spacial score (nSPS) is 19.1. The number of amides is 1. The van der Waals surface area contributed by atoms with Gasteiger partial charge in [0.2, 0.25) is 5.91 Å². The summed E-state index contributed by atoms with van der Waals surface area (Å²) >= 11 is 3.51. The second-order valence-electron chi connectivity index (χ2n) is 4.78. The number of rotatable bonds is 4. The molecule has 0 spiro atoms. The summed E-state index contributed by atoms with van der Waals surface area (Å²) in [7, 11) is 1.90. The second kappa shape index (κ2) is 5.21. The topological polar surface area (TPSA) is 20.3 Å². The molecule has 2 nitrogen and oxygen atoms in total. The van der Waals surface area contributed by atoms with Crippen molar-refractivity contribution in [2.75, 3.05) is 13.6 Å². The molecule has 1 aromatic rings. The SMILES string of the molecule is CC(Br)CCN(C)C(=O)C1Cc2ccccc21. The molecule has 0 fully saturated rings. The van der Waals surface area contributed by atoms with E-state index in [0.717, 1.165) is 19.4 Å². The van der Waals surface area contributed by atoms with Crippen molar-refractivity contribution in [3.05, 3.63) is 35.4 Å². The monoisotopic (exact) mass is 295 g/mol. The first-order chi connectivity index (χ1) is 8.09. The summed E-state index contributed by atoms with van der Waals surface area (Å²) in [6.07, 6.45) is 1.90.